The van der Waals surface area contributed by atoms with Crippen LogP contribution in [0.5, 0.6) is 11.5 Å². The van der Waals surface area contributed by atoms with E-state index < -0.39 is 17.7 Å². The summed E-state index contributed by atoms with van der Waals surface area (Å²) >= 11 is 0. The minimum Gasteiger partial charge on any atom is -0.507 e. The number of hydrogen-bond donors (Lipinski definition) is 1. The molecule has 1 amide bonds. The highest BCUT2D eigenvalue weighted by atomic mass is 16.5. The van der Waals surface area contributed by atoms with E-state index in [1.807, 2.05) is 31.2 Å². The zero-order chi connectivity index (χ0) is 22.7. The van der Waals surface area contributed by atoms with E-state index >= 15 is 0 Å². The first-order valence-electron chi connectivity index (χ1n) is 10.2. The Kier molecular flexibility index (Phi) is 5.98. The third-order valence-corrected chi connectivity index (χ3v) is 5.28. The number of aliphatic hydroxyl groups excluding tert-OH is 1. The summed E-state index contributed by atoms with van der Waals surface area (Å²) in [6, 6.07) is 16.5. The number of rotatable bonds is 7. The normalized spacial score (nSPS) is 17.6. The van der Waals surface area contributed by atoms with Crippen molar-refractivity contribution in [3.8, 4) is 11.5 Å². The summed E-state index contributed by atoms with van der Waals surface area (Å²) in [5, 5.41) is 11.0. The summed E-state index contributed by atoms with van der Waals surface area (Å²) in [7, 11) is 1.51. The van der Waals surface area contributed by atoms with Crippen LogP contribution >= 0.6 is 0 Å². The minimum absolute atomic E-state index is 0.0239. The van der Waals surface area contributed by atoms with Crippen LogP contribution in [0, 0.1) is 0 Å². The lowest BCUT2D eigenvalue weighted by Crippen LogP contribution is -2.29. The van der Waals surface area contributed by atoms with Crippen LogP contribution in [-0.4, -0.2) is 35.4 Å². The fourth-order valence-electron chi connectivity index (χ4n) is 3.77. The molecule has 0 saturated carbocycles. The number of carbonyl (C=O) groups is 2. The summed E-state index contributed by atoms with van der Waals surface area (Å²) in [6.45, 7) is 2.62. The Morgan fingerprint density at radius 2 is 1.84 bits per heavy atom. The molecule has 0 bridgehead atoms. The van der Waals surface area contributed by atoms with Crippen molar-refractivity contribution in [1.82, 2.24) is 4.90 Å². The summed E-state index contributed by atoms with van der Waals surface area (Å²) < 4.78 is 16.2. The zero-order valence-electron chi connectivity index (χ0n) is 17.8. The largest absolute Gasteiger partial charge is 0.507 e. The molecule has 1 fully saturated rings. The molecule has 2 heterocycles. The van der Waals surface area contributed by atoms with Gasteiger partial charge in [0.1, 0.15) is 29.1 Å². The Morgan fingerprint density at radius 3 is 2.50 bits per heavy atom. The van der Waals surface area contributed by atoms with E-state index in [4.69, 9.17) is 13.9 Å². The van der Waals surface area contributed by atoms with E-state index in [1.165, 1.54) is 18.3 Å². The van der Waals surface area contributed by atoms with Crippen molar-refractivity contribution in [2.24, 2.45) is 0 Å². The number of ether oxygens (including phenoxy) is 2. The van der Waals surface area contributed by atoms with Crippen LogP contribution < -0.4 is 9.47 Å². The summed E-state index contributed by atoms with van der Waals surface area (Å²) in [6.07, 6.45) is 1.47. The van der Waals surface area contributed by atoms with Gasteiger partial charge in [-0.1, -0.05) is 24.3 Å². The maximum Gasteiger partial charge on any atom is 0.296 e. The van der Waals surface area contributed by atoms with Gasteiger partial charge in [-0.15, -0.1) is 0 Å². The number of likely N-dealkylation sites (tertiary alicyclic amines) is 1. The molecular formula is C25H23NO6. The molecule has 1 N–H and O–H groups in total. The highest BCUT2D eigenvalue weighted by Crippen LogP contribution is 2.40. The highest BCUT2D eigenvalue weighted by Gasteiger charge is 2.47. The predicted molar refractivity (Wildman–Crippen MR) is 117 cm³/mol. The maximum atomic E-state index is 13.0. The van der Waals surface area contributed by atoms with Crippen molar-refractivity contribution < 1.29 is 28.6 Å². The molecule has 3 aromatic rings. The fourth-order valence-corrected chi connectivity index (χ4v) is 3.77. The molecule has 1 saturated heterocycles. The van der Waals surface area contributed by atoms with Gasteiger partial charge in [-0.25, -0.2) is 0 Å². The number of benzene rings is 2. The van der Waals surface area contributed by atoms with Crippen molar-refractivity contribution in [3.05, 3.63) is 89.4 Å². The fraction of sp³-hybridized carbons (Fsp3) is 0.200. The molecule has 0 aliphatic carbocycles. The van der Waals surface area contributed by atoms with Crippen molar-refractivity contribution >= 4 is 17.4 Å². The van der Waals surface area contributed by atoms with E-state index in [0.29, 0.717) is 23.7 Å². The third-order valence-electron chi connectivity index (χ3n) is 5.28. The lowest BCUT2D eigenvalue weighted by atomic mass is 9.99. The quantitative estimate of drug-likeness (QED) is 0.339. The smallest absolute Gasteiger partial charge is 0.296 e. The van der Waals surface area contributed by atoms with Crippen LogP contribution in [0.4, 0.5) is 0 Å². The van der Waals surface area contributed by atoms with Gasteiger partial charge in [0.05, 0.1) is 25.6 Å². The molecule has 32 heavy (non-hydrogen) atoms. The Bertz CT molecular complexity index is 1150. The van der Waals surface area contributed by atoms with Crippen molar-refractivity contribution in [3.63, 3.8) is 0 Å². The summed E-state index contributed by atoms with van der Waals surface area (Å²) in [4.78, 5) is 27.4. The van der Waals surface area contributed by atoms with Crippen LogP contribution in [0.1, 0.15) is 29.9 Å². The average molecular weight is 433 g/mol. The number of furan rings is 1. The number of Topliss-reactive ketones (excluding diaryl/α,β-unsaturated/α-hetero) is 1. The number of carbonyl (C=O) groups excluding carboxylic acids is 2. The van der Waals surface area contributed by atoms with Gasteiger partial charge in [0.15, 0.2) is 0 Å². The Morgan fingerprint density at radius 1 is 1.06 bits per heavy atom. The first-order chi connectivity index (χ1) is 15.5. The SMILES string of the molecule is CCOc1ccc(CN2C(=O)C(=O)/C(=C(\O)c3cccc(OC)c3)C2c2ccco2)cc1. The Balaban J connectivity index is 1.76. The van der Waals surface area contributed by atoms with Gasteiger partial charge in [0, 0.05) is 12.1 Å². The molecular weight excluding hydrogens is 410 g/mol. The lowest BCUT2D eigenvalue weighted by Gasteiger charge is -2.23. The molecule has 7 nitrogen and oxygen atoms in total. The van der Waals surface area contributed by atoms with Gasteiger partial charge in [-0.3, -0.25) is 9.59 Å². The second-order valence-corrected chi connectivity index (χ2v) is 7.25. The second kappa shape index (κ2) is 9.01. The van der Waals surface area contributed by atoms with E-state index in [0.717, 1.165) is 11.3 Å². The molecule has 1 aliphatic heterocycles. The van der Waals surface area contributed by atoms with Crippen LogP contribution in [0.3, 0.4) is 0 Å². The third kappa shape index (κ3) is 3.97. The molecule has 1 aromatic heterocycles. The van der Waals surface area contributed by atoms with Crippen LogP contribution in [0.2, 0.25) is 0 Å². The topological polar surface area (TPSA) is 89.2 Å². The number of hydrogen-bond acceptors (Lipinski definition) is 6. The van der Waals surface area contributed by atoms with Gasteiger partial charge in [0.2, 0.25) is 0 Å². The molecule has 0 spiro atoms. The number of nitrogens with zero attached hydrogens (tertiary/aromatic N) is 1. The van der Waals surface area contributed by atoms with Gasteiger partial charge in [0.25, 0.3) is 11.7 Å². The number of methoxy groups -OCH3 is 1. The zero-order valence-corrected chi connectivity index (χ0v) is 17.8. The van der Waals surface area contributed by atoms with Gasteiger partial charge < -0.3 is 23.9 Å². The summed E-state index contributed by atoms with van der Waals surface area (Å²) in [5.74, 6) is -0.119. The first kappa shape index (κ1) is 21.2. The number of ketones is 1. The molecule has 164 valence electrons. The molecule has 1 aliphatic rings. The molecule has 1 atom stereocenters. The number of amides is 1. The van der Waals surface area contributed by atoms with Crippen molar-refractivity contribution in [1.29, 1.82) is 0 Å². The second-order valence-electron chi connectivity index (χ2n) is 7.25. The predicted octanol–water partition coefficient (Wildman–Crippen LogP) is 4.31. The van der Waals surface area contributed by atoms with Gasteiger partial charge in [-0.2, -0.15) is 0 Å². The van der Waals surface area contributed by atoms with E-state index in [1.54, 1.807) is 36.4 Å². The monoisotopic (exact) mass is 433 g/mol. The van der Waals surface area contributed by atoms with Gasteiger partial charge in [-0.05, 0) is 48.9 Å². The van der Waals surface area contributed by atoms with E-state index in [2.05, 4.69) is 0 Å². The summed E-state index contributed by atoms with van der Waals surface area (Å²) in [5.41, 5.74) is 1.16. The van der Waals surface area contributed by atoms with Crippen molar-refractivity contribution in [2.75, 3.05) is 13.7 Å². The molecule has 4 rings (SSSR count). The van der Waals surface area contributed by atoms with Crippen molar-refractivity contribution in [2.45, 2.75) is 19.5 Å². The van der Waals surface area contributed by atoms with Crippen LogP contribution in [0.25, 0.3) is 5.76 Å². The molecule has 1 unspecified atom stereocenters. The standard InChI is InChI=1S/C25H23NO6/c1-3-31-18-11-9-16(10-12-18)15-26-22(20-8-5-13-32-20)21(24(28)25(26)29)23(27)17-6-4-7-19(14-17)30-2/h4-14,22,27H,3,15H2,1-2H3/b23-21-. The lowest BCUT2D eigenvalue weighted by molar-refractivity contribution is -0.140. The van der Waals surface area contributed by atoms with Gasteiger partial charge >= 0.3 is 0 Å². The number of aliphatic hydroxyl groups is 1. The average Bonchev–Trinajstić information content (AvgIpc) is 3.43. The molecule has 7 heteroatoms. The minimum atomic E-state index is -0.859. The highest BCUT2D eigenvalue weighted by molar-refractivity contribution is 6.46. The van der Waals surface area contributed by atoms with Crippen LogP contribution in [0.15, 0.2) is 76.9 Å². The molecule has 2 aromatic carbocycles. The Hall–Kier alpha value is -4.00. The van der Waals surface area contributed by atoms with Crippen LogP contribution in [-0.2, 0) is 16.1 Å². The first-order valence-corrected chi connectivity index (χ1v) is 10.2. The Labute approximate surface area is 185 Å². The maximum absolute atomic E-state index is 13.0. The van der Waals surface area contributed by atoms with E-state index in [9.17, 15) is 14.7 Å². The van der Waals surface area contributed by atoms with E-state index in [-0.39, 0.29) is 17.9 Å². The molecule has 0 radical (unpaired) electrons.